The molecule has 3 aromatic rings. The number of nitrogens with zero attached hydrogens (tertiary/aromatic N) is 4. The highest BCUT2D eigenvalue weighted by Crippen LogP contribution is 2.20. The Morgan fingerprint density at radius 2 is 1.86 bits per heavy atom. The van der Waals surface area contributed by atoms with E-state index in [-0.39, 0.29) is 6.61 Å². The van der Waals surface area contributed by atoms with Crippen molar-refractivity contribution in [1.29, 1.82) is 0 Å². The van der Waals surface area contributed by atoms with E-state index in [1.807, 2.05) is 48.0 Å². The molecule has 0 bridgehead atoms. The maximum Gasteiger partial charge on any atom is 0.163 e. The Morgan fingerprint density at radius 3 is 2.59 bits per heavy atom. The van der Waals surface area contributed by atoms with E-state index in [1.165, 1.54) is 0 Å². The van der Waals surface area contributed by atoms with Crippen molar-refractivity contribution in [1.82, 2.24) is 19.5 Å². The highest BCUT2D eigenvalue weighted by Gasteiger charge is 2.10. The van der Waals surface area contributed by atoms with Gasteiger partial charge in [-0.1, -0.05) is 19.1 Å². The van der Waals surface area contributed by atoms with Crippen LogP contribution in [0.15, 0.2) is 48.9 Å². The van der Waals surface area contributed by atoms with Crippen LogP contribution in [0.1, 0.15) is 18.3 Å². The Hall–Kier alpha value is -2.53. The number of aliphatic hydroxyl groups excluding tert-OH is 1. The zero-order valence-electron chi connectivity index (χ0n) is 12.5. The van der Waals surface area contributed by atoms with Gasteiger partial charge in [0, 0.05) is 37.3 Å². The predicted molar refractivity (Wildman–Crippen MR) is 84.8 cm³/mol. The summed E-state index contributed by atoms with van der Waals surface area (Å²) in [5.41, 5.74) is 2.95. The van der Waals surface area contributed by atoms with E-state index in [9.17, 15) is 0 Å². The Balaban J connectivity index is 1.97. The topological polar surface area (TPSA) is 63.8 Å². The summed E-state index contributed by atoms with van der Waals surface area (Å²) in [7, 11) is 0. The van der Waals surface area contributed by atoms with Crippen molar-refractivity contribution in [3.63, 3.8) is 0 Å². The third kappa shape index (κ3) is 2.89. The smallest absolute Gasteiger partial charge is 0.163 e. The molecule has 1 N–H and O–H groups in total. The van der Waals surface area contributed by atoms with Gasteiger partial charge >= 0.3 is 0 Å². The zero-order valence-corrected chi connectivity index (χ0v) is 12.5. The van der Waals surface area contributed by atoms with Crippen LogP contribution < -0.4 is 0 Å². The minimum Gasteiger partial charge on any atom is -0.396 e. The van der Waals surface area contributed by atoms with Gasteiger partial charge in [-0.25, -0.2) is 15.0 Å². The number of aryl methyl sites for hydroxylation is 1. The number of imidazole rings is 1. The summed E-state index contributed by atoms with van der Waals surface area (Å²) in [5, 5.41) is 8.99. The van der Waals surface area contributed by atoms with Gasteiger partial charge in [0.05, 0.1) is 0 Å². The molecular formula is C17H18N4O. The lowest BCUT2D eigenvalue weighted by atomic mass is 10.1. The van der Waals surface area contributed by atoms with Gasteiger partial charge in [0.2, 0.25) is 0 Å². The molecule has 2 heterocycles. The van der Waals surface area contributed by atoms with Crippen molar-refractivity contribution >= 4 is 0 Å². The number of aliphatic hydroxyl groups is 1. The molecule has 2 aromatic heterocycles. The van der Waals surface area contributed by atoms with Crippen LogP contribution in [0.25, 0.3) is 17.2 Å². The summed E-state index contributed by atoms with van der Waals surface area (Å²) in [4.78, 5) is 13.2. The van der Waals surface area contributed by atoms with Crippen LogP contribution in [0.5, 0.6) is 0 Å². The third-order valence-electron chi connectivity index (χ3n) is 3.51. The second-order valence-corrected chi connectivity index (χ2v) is 4.97. The summed E-state index contributed by atoms with van der Waals surface area (Å²) >= 11 is 0. The molecular weight excluding hydrogens is 276 g/mol. The van der Waals surface area contributed by atoms with Gasteiger partial charge in [-0.2, -0.15) is 0 Å². The number of hydrogen-bond acceptors (Lipinski definition) is 4. The first kappa shape index (κ1) is 14.4. The number of aromatic nitrogens is 4. The summed E-state index contributed by atoms with van der Waals surface area (Å²) in [6.45, 7) is 2.20. The standard InChI is InChI=1S/C17H18N4O/c1-2-16-18-9-7-15(20-16)17-19-10-11-21(17)14-5-3-13(4-6-14)8-12-22/h3-7,9-11,22H,2,8,12H2,1H3. The van der Waals surface area contributed by atoms with E-state index in [1.54, 1.807) is 12.4 Å². The van der Waals surface area contributed by atoms with Gasteiger partial charge in [-0.15, -0.1) is 0 Å². The van der Waals surface area contributed by atoms with Crippen molar-refractivity contribution < 1.29 is 5.11 Å². The Bertz CT molecular complexity index is 749. The third-order valence-corrected chi connectivity index (χ3v) is 3.51. The van der Waals surface area contributed by atoms with Crippen molar-refractivity contribution in [3.05, 3.63) is 60.3 Å². The van der Waals surface area contributed by atoms with E-state index in [0.29, 0.717) is 6.42 Å². The highest BCUT2D eigenvalue weighted by atomic mass is 16.2. The number of hydrogen-bond donors (Lipinski definition) is 1. The first-order valence-corrected chi connectivity index (χ1v) is 7.37. The summed E-state index contributed by atoms with van der Waals surface area (Å²) < 4.78 is 2.00. The van der Waals surface area contributed by atoms with E-state index in [0.717, 1.165) is 35.0 Å². The van der Waals surface area contributed by atoms with E-state index in [2.05, 4.69) is 15.0 Å². The van der Waals surface area contributed by atoms with Crippen LogP contribution in [0.3, 0.4) is 0 Å². The molecule has 5 nitrogen and oxygen atoms in total. The fourth-order valence-electron chi connectivity index (χ4n) is 2.35. The number of benzene rings is 1. The molecule has 0 saturated heterocycles. The first-order valence-electron chi connectivity index (χ1n) is 7.37. The molecule has 0 aliphatic heterocycles. The van der Waals surface area contributed by atoms with E-state index >= 15 is 0 Å². The van der Waals surface area contributed by atoms with Crippen molar-refractivity contribution in [3.8, 4) is 17.2 Å². The minimum absolute atomic E-state index is 0.163. The van der Waals surface area contributed by atoms with Gasteiger partial charge < -0.3 is 5.11 Å². The zero-order chi connectivity index (χ0) is 15.4. The minimum atomic E-state index is 0.163. The lowest BCUT2D eigenvalue weighted by Crippen LogP contribution is -2.01. The van der Waals surface area contributed by atoms with Crippen LogP contribution in [-0.4, -0.2) is 31.2 Å². The van der Waals surface area contributed by atoms with Crippen LogP contribution in [0, 0.1) is 0 Å². The fourth-order valence-corrected chi connectivity index (χ4v) is 2.35. The quantitative estimate of drug-likeness (QED) is 0.785. The Kier molecular flexibility index (Phi) is 4.25. The van der Waals surface area contributed by atoms with Gasteiger partial charge in [-0.3, -0.25) is 4.57 Å². The Labute approximate surface area is 129 Å². The second-order valence-electron chi connectivity index (χ2n) is 4.97. The molecule has 5 heteroatoms. The molecule has 0 spiro atoms. The monoisotopic (exact) mass is 294 g/mol. The van der Waals surface area contributed by atoms with Gasteiger partial charge in [0.1, 0.15) is 11.5 Å². The van der Waals surface area contributed by atoms with Crippen molar-refractivity contribution in [2.45, 2.75) is 19.8 Å². The maximum absolute atomic E-state index is 8.99. The predicted octanol–water partition coefficient (Wildman–Crippen LogP) is 2.43. The molecule has 0 saturated carbocycles. The molecule has 0 unspecified atom stereocenters. The van der Waals surface area contributed by atoms with Gasteiger partial charge in [0.25, 0.3) is 0 Å². The second kappa shape index (κ2) is 6.49. The van der Waals surface area contributed by atoms with Crippen LogP contribution >= 0.6 is 0 Å². The normalized spacial score (nSPS) is 10.8. The van der Waals surface area contributed by atoms with E-state index < -0.39 is 0 Å². The van der Waals surface area contributed by atoms with Gasteiger partial charge in [-0.05, 0) is 30.2 Å². The average molecular weight is 294 g/mol. The van der Waals surface area contributed by atoms with Crippen molar-refractivity contribution in [2.24, 2.45) is 0 Å². The molecule has 0 fully saturated rings. The number of rotatable bonds is 5. The lowest BCUT2D eigenvalue weighted by Gasteiger charge is -2.09. The molecule has 0 radical (unpaired) electrons. The fraction of sp³-hybridized carbons (Fsp3) is 0.235. The molecule has 112 valence electrons. The highest BCUT2D eigenvalue weighted by molar-refractivity contribution is 5.54. The van der Waals surface area contributed by atoms with E-state index in [4.69, 9.17) is 5.11 Å². The largest absolute Gasteiger partial charge is 0.396 e. The molecule has 0 aliphatic rings. The molecule has 22 heavy (non-hydrogen) atoms. The van der Waals surface area contributed by atoms with Crippen LogP contribution in [-0.2, 0) is 12.8 Å². The molecule has 1 aromatic carbocycles. The average Bonchev–Trinajstić information content (AvgIpc) is 3.05. The molecule has 3 rings (SSSR count). The summed E-state index contributed by atoms with van der Waals surface area (Å²) in [6, 6.07) is 9.97. The maximum atomic E-state index is 8.99. The molecule has 0 atom stereocenters. The summed E-state index contributed by atoms with van der Waals surface area (Å²) in [6.07, 6.45) is 6.92. The lowest BCUT2D eigenvalue weighted by molar-refractivity contribution is 0.299. The summed E-state index contributed by atoms with van der Waals surface area (Å²) in [5.74, 6) is 1.61. The van der Waals surface area contributed by atoms with Crippen molar-refractivity contribution in [2.75, 3.05) is 6.61 Å². The molecule has 0 amide bonds. The van der Waals surface area contributed by atoms with Crippen LogP contribution in [0.2, 0.25) is 0 Å². The SMILES string of the molecule is CCc1nccc(-c2nccn2-c2ccc(CCO)cc2)n1. The first-order chi connectivity index (χ1) is 10.8. The Morgan fingerprint density at radius 1 is 1.05 bits per heavy atom. The molecule has 0 aliphatic carbocycles. The van der Waals surface area contributed by atoms with Crippen LogP contribution in [0.4, 0.5) is 0 Å². The van der Waals surface area contributed by atoms with Gasteiger partial charge in [0.15, 0.2) is 5.82 Å².